The van der Waals surface area contributed by atoms with Gasteiger partial charge in [-0.05, 0) is 122 Å². The topological polar surface area (TPSA) is 6.48 Å². The molecule has 0 unspecified atom stereocenters. The van der Waals surface area contributed by atoms with Gasteiger partial charge in [-0.25, -0.2) is 0 Å². The van der Waals surface area contributed by atoms with E-state index in [1.807, 2.05) is 0 Å². The first-order valence-corrected chi connectivity index (χ1v) is 21.8. The summed E-state index contributed by atoms with van der Waals surface area (Å²) >= 11 is 0. The molecule has 2 nitrogen and oxygen atoms in total. The van der Waals surface area contributed by atoms with Gasteiger partial charge in [0.15, 0.2) is 0 Å². The molecule has 0 aromatic heterocycles. The Hall–Kier alpha value is -7.42. The molecule has 9 aromatic rings. The molecule has 0 radical (unpaired) electrons. The summed E-state index contributed by atoms with van der Waals surface area (Å²) < 4.78 is 0. The molecule has 2 aliphatic rings. The molecule has 0 aliphatic heterocycles. The summed E-state index contributed by atoms with van der Waals surface area (Å²) in [5, 5.41) is 0. The second kappa shape index (κ2) is 14.6. The first-order valence-electron chi connectivity index (χ1n) is 21.8. The minimum atomic E-state index is -0.183. The van der Waals surface area contributed by atoms with Crippen molar-refractivity contribution >= 4 is 34.1 Å². The largest absolute Gasteiger partial charge is 0.310 e. The lowest BCUT2D eigenvalue weighted by atomic mass is 9.81. The first-order chi connectivity index (χ1) is 30.3. The molecule has 0 bridgehead atoms. The average molecular weight is 797 g/mol. The normalized spacial score (nSPS) is 13.7. The fourth-order valence-electron chi connectivity index (χ4n) is 10.6. The van der Waals surface area contributed by atoms with Crippen LogP contribution in [0.1, 0.15) is 49.9 Å². The Balaban J connectivity index is 1.05. The Morgan fingerprint density at radius 3 is 1.24 bits per heavy atom. The number of nitrogens with zero attached hydrogens (tertiary/aromatic N) is 2. The van der Waals surface area contributed by atoms with Crippen LogP contribution in [-0.2, 0) is 10.8 Å². The van der Waals surface area contributed by atoms with Gasteiger partial charge in [0.05, 0.1) is 17.1 Å². The van der Waals surface area contributed by atoms with E-state index in [1.54, 1.807) is 0 Å². The highest BCUT2D eigenvalue weighted by Gasteiger charge is 2.40. The second-order valence-electron chi connectivity index (χ2n) is 17.7. The van der Waals surface area contributed by atoms with E-state index in [0.29, 0.717) is 0 Å². The molecule has 9 aromatic carbocycles. The average Bonchev–Trinajstić information content (AvgIpc) is 3.71. The highest BCUT2D eigenvalue weighted by molar-refractivity contribution is 5.96. The molecular formula is C60H48N2. The number of para-hydroxylation sites is 2. The van der Waals surface area contributed by atoms with E-state index in [4.69, 9.17) is 0 Å². The van der Waals surface area contributed by atoms with Crippen LogP contribution in [0.3, 0.4) is 0 Å². The van der Waals surface area contributed by atoms with Crippen molar-refractivity contribution in [3.05, 3.63) is 241 Å². The van der Waals surface area contributed by atoms with Crippen LogP contribution in [0.15, 0.2) is 218 Å². The third-order valence-electron chi connectivity index (χ3n) is 13.4. The maximum atomic E-state index is 2.48. The molecule has 0 atom stereocenters. The van der Waals surface area contributed by atoms with Crippen molar-refractivity contribution in [3.8, 4) is 44.5 Å². The second-order valence-corrected chi connectivity index (χ2v) is 17.7. The van der Waals surface area contributed by atoms with Gasteiger partial charge in [-0.2, -0.15) is 0 Å². The number of fused-ring (bicyclic) bond motifs is 6. The van der Waals surface area contributed by atoms with E-state index in [-0.39, 0.29) is 10.8 Å². The van der Waals surface area contributed by atoms with Crippen LogP contribution in [-0.4, -0.2) is 0 Å². The first kappa shape index (κ1) is 37.6. The molecular weight excluding hydrogens is 749 g/mol. The van der Waals surface area contributed by atoms with Gasteiger partial charge < -0.3 is 9.80 Å². The van der Waals surface area contributed by atoms with Crippen LogP contribution in [0.2, 0.25) is 0 Å². The van der Waals surface area contributed by atoms with E-state index in [0.717, 1.165) is 22.7 Å². The Bertz CT molecular complexity index is 3110. The van der Waals surface area contributed by atoms with Crippen molar-refractivity contribution in [2.24, 2.45) is 0 Å². The van der Waals surface area contributed by atoms with Crippen molar-refractivity contribution < 1.29 is 0 Å². The summed E-state index contributed by atoms with van der Waals surface area (Å²) in [6.45, 7) is 9.48. The number of rotatable bonds is 8. The van der Waals surface area contributed by atoms with Gasteiger partial charge in [-0.15, -0.1) is 0 Å². The van der Waals surface area contributed by atoms with Crippen LogP contribution in [0.5, 0.6) is 0 Å². The predicted molar refractivity (Wildman–Crippen MR) is 262 cm³/mol. The van der Waals surface area contributed by atoms with Crippen LogP contribution in [0, 0.1) is 0 Å². The zero-order valence-electron chi connectivity index (χ0n) is 35.7. The third-order valence-corrected chi connectivity index (χ3v) is 13.4. The van der Waals surface area contributed by atoms with Crippen LogP contribution in [0.25, 0.3) is 44.5 Å². The standard InChI is InChI=1S/C60H48N2/c1-59(2)52-30-16-14-26-47(52)49-28-18-32-55(57(49)59)61(44-22-10-6-11-23-44)46-37-34-41(35-38-46)43-36-39-54(51(40-43)42-20-8-5-9-21-42)62(45-24-12-7-13-25-45)56-33-19-29-50-48-27-15-17-31-53(48)60(3,4)58(50)56/h5-40H,1-4H3. The molecule has 0 heterocycles. The summed E-state index contributed by atoms with van der Waals surface area (Å²) in [6.07, 6.45) is 0. The van der Waals surface area contributed by atoms with Gasteiger partial charge in [0.1, 0.15) is 0 Å². The molecule has 2 heteroatoms. The highest BCUT2D eigenvalue weighted by atomic mass is 15.2. The number of hydrogen-bond donors (Lipinski definition) is 0. The maximum Gasteiger partial charge on any atom is 0.0540 e. The zero-order chi connectivity index (χ0) is 42.0. The SMILES string of the molecule is CC1(C)c2ccccc2-c2cccc(N(c3ccccc3)c3ccc(-c4ccc(N(c5ccccc5)c5cccc6c5C(C)(C)c5ccccc5-6)c(-c5ccccc5)c4)cc3)c21. The number of anilines is 6. The Kier molecular flexibility index (Phi) is 8.87. The van der Waals surface area contributed by atoms with Gasteiger partial charge in [-0.3, -0.25) is 0 Å². The maximum absolute atomic E-state index is 2.48. The summed E-state index contributed by atoms with van der Waals surface area (Å²) in [5.74, 6) is 0. The quantitative estimate of drug-likeness (QED) is 0.151. The summed E-state index contributed by atoms with van der Waals surface area (Å²) in [6, 6.07) is 80.1. The van der Waals surface area contributed by atoms with Crippen molar-refractivity contribution in [1.82, 2.24) is 0 Å². The lowest BCUT2D eigenvalue weighted by Gasteiger charge is -2.33. The van der Waals surface area contributed by atoms with Gasteiger partial charge in [0, 0.05) is 33.5 Å². The van der Waals surface area contributed by atoms with E-state index < -0.39 is 0 Å². The summed E-state index contributed by atoms with van der Waals surface area (Å²) in [4.78, 5) is 4.92. The molecule has 0 fully saturated rings. The van der Waals surface area contributed by atoms with Crippen LogP contribution in [0.4, 0.5) is 34.1 Å². The van der Waals surface area contributed by atoms with Crippen LogP contribution < -0.4 is 9.80 Å². The van der Waals surface area contributed by atoms with Crippen molar-refractivity contribution in [2.75, 3.05) is 9.80 Å². The molecule has 298 valence electrons. The molecule has 2 aliphatic carbocycles. The molecule has 0 N–H and O–H groups in total. The Morgan fingerprint density at radius 1 is 0.274 bits per heavy atom. The van der Waals surface area contributed by atoms with Crippen molar-refractivity contribution in [2.45, 2.75) is 38.5 Å². The molecule has 0 spiro atoms. The Morgan fingerprint density at radius 2 is 0.694 bits per heavy atom. The van der Waals surface area contributed by atoms with Crippen molar-refractivity contribution in [1.29, 1.82) is 0 Å². The van der Waals surface area contributed by atoms with E-state index in [1.165, 1.54) is 78.1 Å². The van der Waals surface area contributed by atoms with Crippen LogP contribution >= 0.6 is 0 Å². The third kappa shape index (κ3) is 5.93. The van der Waals surface area contributed by atoms with Gasteiger partial charge >= 0.3 is 0 Å². The fraction of sp³-hybridized carbons (Fsp3) is 0.100. The molecule has 0 saturated heterocycles. The summed E-state index contributed by atoms with van der Waals surface area (Å²) in [5.41, 5.74) is 22.0. The lowest BCUT2D eigenvalue weighted by Crippen LogP contribution is -2.21. The van der Waals surface area contributed by atoms with Gasteiger partial charge in [0.25, 0.3) is 0 Å². The Labute approximate surface area is 366 Å². The molecule has 0 amide bonds. The highest BCUT2D eigenvalue weighted by Crippen LogP contribution is 2.56. The fourth-order valence-corrected chi connectivity index (χ4v) is 10.6. The molecule has 0 saturated carbocycles. The minimum Gasteiger partial charge on any atom is -0.310 e. The smallest absolute Gasteiger partial charge is 0.0540 e. The minimum absolute atomic E-state index is 0.154. The zero-order valence-corrected chi connectivity index (χ0v) is 35.7. The monoisotopic (exact) mass is 796 g/mol. The van der Waals surface area contributed by atoms with Crippen molar-refractivity contribution in [3.63, 3.8) is 0 Å². The van der Waals surface area contributed by atoms with E-state index in [2.05, 4.69) is 256 Å². The number of benzene rings is 9. The van der Waals surface area contributed by atoms with Gasteiger partial charge in [-0.1, -0.05) is 185 Å². The lowest BCUT2D eigenvalue weighted by molar-refractivity contribution is 0.660. The van der Waals surface area contributed by atoms with E-state index in [9.17, 15) is 0 Å². The van der Waals surface area contributed by atoms with Gasteiger partial charge in [0.2, 0.25) is 0 Å². The predicted octanol–water partition coefficient (Wildman–Crippen LogP) is 16.6. The molecule has 11 rings (SSSR count). The summed E-state index contributed by atoms with van der Waals surface area (Å²) in [7, 11) is 0. The molecule has 62 heavy (non-hydrogen) atoms. The number of hydrogen-bond acceptors (Lipinski definition) is 2. The van der Waals surface area contributed by atoms with E-state index >= 15 is 0 Å².